The summed E-state index contributed by atoms with van der Waals surface area (Å²) in [5.74, 6) is 1.08. The molecule has 2 aromatic rings. The summed E-state index contributed by atoms with van der Waals surface area (Å²) in [6, 6.07) is 6.45. The fraction of sp³-hybridized carbons (Fsp3) is 0.524. The molecule has 1 fully saturated rings. The summed E-state index contributed by atoms with van der Waals surface area (Å²) < 4.78 is 0. The van der Waals surface area contributed by atoms with Crippen molar-refractivity contribution in [3.8, 4) is 11.3 Å². The van der Waals surface area contributed by atoms with Gasteiger partial charge in [-0.3, -0.25) is 4.79 Å². The van der Waals surface area contributed by atoms with Crippen LogP contribution in [0.15, 0.2) is 23.6 Å². The molecule has 1 aromatic heterocycles. The molecule has 0 atom stereocenters. The fourth-order valence-corrected chi connectivity index (χ4v) is 4.88. The van der Waals surface area contributed by atoms with Gasteiger partial charge in [0.05, 0.1) is 10.7 Å². The molecule has 0 spiro atoms. The zero-order valence-corrected chi connectivity index (χ0v) is 15.8. The van der Waals surface area contributed by atoms with Gasteiger partial charge in [-0.1, -0.05) is 38.2 Å². The number of amides is 1. The van der Waals surface area contributed by atoms with E-state index in [1.54, 1.807) is 11.3 Å². The van der Waals surface area contributed by atoms with Crippen molar-refractivity contribution in [2.75, 3.05) is 11.4 Å². The molecule has 3 nitrogen and oxygen atoms in total. The molecule has 1 aromatic carbocycles. The van der Waals surface area contributed by atoms with Crippen molar-refractivity contribution in [3.05, 3.63) is 34.2 Å². The van der Waals surface area contributed by atoms with Crippen LogP contribution < -0.4 is 4.90 Å². The highest BCUT2D eigenvalue weighted by Crippen LogP contribution is 2.34. The van der Waals surface area contributed by atoms with E-state index in [1.165, 1.54) is 43.2 Å². The smallest absolute Gasteiger partial charge is 0.227 e. The van der Waals surface area contributed by atoms with Crippen molar-refractivity contribution >= 4 is 22.9 Å². The first-order valence-corrected chi connectivity index (χ1v) is 10.4. The highest BCUT2D eigenvalue weighted by molar-refractivity contribution is 7.09. The van der Waals surface area contributed by atoms with E-state index in [0.717, 1.165) is 41.7 Å². The van der Waals surface area contributed by atoms with Gasteiger partial charge in [-0.25, -0.2) is 4.98 Å². The monoisotopic (exact) mass is 354 g/mol. The molecular formula is C21H26N2OS. The van der Waals surface area contributed by atoms with Crippen molar-refractivity contribution in [3.63, 3.8) is 0 Å². The molecule has 25 heavy (non-hydrogen) atoms. The first-order valence-electron chi connectivity index (χ1n) is 9.56. The summed E-state index contributed by atoms with van der Waals surface area (Å²) in [4.78, 5) is 19.3. The number of hydrogen-bond donors (Lipinski definition) is 0. The first-order chi connectivity index (χ1) is 12.2. The van der Waals surface area contributed by atoms with E-state index in [4.69, 9.17) is 0 Å². The molecule has 0 saturated heterocycles. The van der Waals surface area contributed by atoms with Crippen molar-refractivity contribution in [2.24, 2.45) is 5.92 Å². The summed E-state index contributed by atoms with van der Waals surface area (Å²) in [5.41, 5.74) is 4.62. The van der Waals surface area contributed by atoms with E-state index < -0.39 is 0 Å². The second-order valence-corrected chi connectivity index (χ2v) is 8.50. The average molecular weight is 355 g/mol. The van der Waals surface area contributed by atoms with Crippen LogP contribution in [0, 0.1) is 12.8 Å². The molecule has 2 heterocycles. The third-order valence-corrected chi connectivity index (χ3v) is 6.46. The van der Waals surface area contributed by atoms with Crippen LogP contribution in [0.1, 0.15) is 55.5 Å². The number of benzene rings is 1. The van der Waals surface area contributed by atoms with Gasteiger partial charge in [0.1, 0.15) is 0 Å². The molecule has 0 bridgehead atoms. The lowest BCUT2D eigenvalue weighted by Crippen LogP contribution is -2.29. The minimum atomic E-state index is 0.307. The van der Waals surface area contributed by atoms with Crippen LogP contribution in [0.3, 0.4) is 0 Å². The summed E-state index contributed by atoms with van der Waals surface area (Å²) in [6.07, 6.45) is 9.46. The summed E-state index contributed by atoms with van der Waals surface area (Å²) in [5, 5.41) is 3.20. The molecule has 1 aliphatic heterocycles. The standard InChI is InChI=1S/C21H26N2OS/c1-15-22-19(14-25-15)17-8-9-20-18(13-17)11-12-23(20)21(24)10-7-16-5-3-2-4-6-16/h8-9,13-14,16H,2-7,10-12H2,1H3. The van der Waals surface area contributed by atoms with Crippen LogP contribution in [0.5, 0.6) is 0 Å². The Morgan fingerprint density at radius 1 is 1.28 bits per heavy atom. The fourth-order valence-electron chi connectivity index (χ4n) is 4.25. The van der Waals surface area contributed by atoms with Gasteiger partial charge >= 0.3 is 0 Å². The predicted molar refractivity (Wildman–Crippen MR) is 104 cm³/mol. The molecule has 0 N–H and O–H groups in total. The van der Waals surface area contributed by atoms with Gasteiger partial charge < -0.3 is 4.90 Å². The Bertz CT molecular complexity index is 761. The lowest BCUT2D eigenvalue weighted by atomic mass is 9.86. The minimum absolute atomic E-state index is 0.307. The molecule has 1 aliphatic carbocycles. The third-order valence-electron chi connectivity index (χ3n) is 5.68. The lowest BCUT2D eigenvalue weighted by molar-refractivity contribution is -0.118. The highest BCUT2D eigenvalue weighted by Gasteiger charge is 2.25. The first kappa shape index (κ1) is 16.8. The molecule has 132 valence electrons. The quantitative estimate of drug-likeness (QED) is 0.740. The number of aryl methyl sites for hydroxylation is 1. The second kappa shape index (κ2) is 7.28. The van der Waals surface area contributed by atoms with Crippen LogP contribution >= 0.6 is 11.3 Å². The Hall–Kier alpha value is -1.68. The van der Waals surface area contributed by atoms with Gasteiger partial charge in [0.15, 0.2) is 0 Å². The van der Waals surface area contributed by atoms with Crippen molar-refractivity contribution < 1.29 is 4.79 Å². The van der Waals surface area contributed by atoms with Crippen LogP contribution in [0.2, 0.25) is 0 Å². The molecule has 1 saturated carbocycles. The number of nitrogens with zero attached hydrogens (tertiary/aromatic N) is 2. The number of fused-ring (bicyclic) bond motifs is 1. The van der Waals surface area contributed by atoms with E-state index in [1.807, 2.05) is 11.8 Å². The number of carbonyl (C=O) groups excluding carboxylic acids is 1. The van der Waals surface area contributed by atoms with Gasteiger partial charge in [0, 0.05) is 29.6 Å². The lowest BCUT2D eigenvalue weighted by Gasteiger charge is -2.23. The molecule has 2 aliphatic rings. The zero-order chi connectivity index (χ0) is 17.2. The Morgan fingerprint density at radius 2 is 2.12 bits per heavy atom. The summed E-state index contributed by atoms with van der Waals surface area (Å²) in [7, 11) is 0. The van der Waals surface area contributed by atoms with E-state index in [2.05, 4.69) is 28.6 Å². The molecule has 0 unspecified atom stereocenters. The van der Waals surface area contributed by atoms with E-state index in [-0.39, 0.29) is 0 Å². The van der Waals surface area contributed by atoms with Crippen molar-refractivity contribution in [1.82, 2.24) is 4.98 Å². The second-order valence-electron chi connectivity index (χ2n) is 7.43. The molecule has 4 heteroatoms. The molecule has 1 amide bonds. The van der Waals surface area contributed by atoms with Gasteiger partial charge in [0.25, 0.3) is 0 Å². The maximum atomic E-state index is 12.7. The summed E-state index contributed by atoms with van der Waals surface area (Å²) >= 11 is 1.68. The zero-order valence-electron chi connectivity index (χ0n) is 15.0. The number of hydrogen-bond acceptors (Lipinski definition) is 3. The number of anilines is 1. The Balaban J connectivity index is 1.43. The highest BCUT2D eigenvalue weighted by atomic mass is 32.1. The van der Waals surface area contributed by atoms with E-state index in [9.17, 15) is 4.79 Å². The van der Waals surface area contributed by atoms with Crippen LogP contribution in [-0.2, 0) is 11.2 Å². The van der Waals surface area contributed by atoms with Gasteiger partial charge in [0.2, 0.25) is 5.91 Å². The Labute approximate surface area is 154 Å². The van der Waals surface area contributed by atoms with Crippen LogP contribution in [0.25, 0.3) is 11.3 Å². The molecule has 0 radical (unpaired) electrons. The van der Waals surface area contributed by atoms with Crippen molar-refractivity contribution in [1.29, 1.82) is 0 Å². The van der Waals surface area contributed by atoms with Crippen molar-refractivity contribution in [2.45, 2.75) is 58.3 Å². The number of rotatable bonds is 4. The Kier molecular flexibility index (Phi) is 4.89. The number of aromatic nitrogens is 1. The largest absolute Gasteiger partial charge is 0.312 e. The summed E-state index contributed by atoms with van der Waals surface area (Å²) in [6.45, 7) is 2.87. The number of thiazole rings is 1. The predicted octanol–water partition coefficient (Wildman–Crippen LogP) is 5.37. The Morgan fingerprint density at radius 3 is 2.88 bits per heavy atom. The maximum absolute atomic E-state index is 12.7. The topological polar surface area (TPSA) is 33.2 Å². The maximum Gasteiger partial charge on any atom is 0.227 e. The normalized spacial score (nSPS) is 17.7. The third kappa shape index (κ3) is 3.64. The van der Waals surface area contributed by atoms with E-state index >= 15 is 0 Å². The van der Waals surface area contributed by atoms with Gasteiger partial charge in [-0.2, -0.15) is 0 Å². The van der Waals surface area contributed by atoms with Crippen LogP contribution in [-0.4, -0.2) is 17.4 Å². The van der Waals surface area contributed by atoms with Gasteiger partial charge in [-0.05, 0) is 43.4 Å². The van der Waals surface area contributed by atoms with Gasteiger partial charge in [-0.15, -0.1) is 11.3 Å². The minimum Gasteiger partial charge on any atom is -0.312 e. The molecular weight excluding hydrogens is 328 g/mol. The van der Waals surface area contributed by atoms with E-state index in [0.29, 0.717) is 12.3 Å². The SMILES string of the molecule is Cc1nc(-c2ccc3c(c2)CCN3C(=O)CCC2CCCCC2)cs1. The average Bonchev–Trinajstić information content (AvgIpc) is 3.26. The van der Waals surface area contributed by atoms with Crippen LogP contribution in [0.4, 0.5) is 5.69 Å². The number of carbonyl (C=O) groups is 1. The molecule has 4 rings (SSSR count).